The molecule has 0 N–H and O–H groups in total. The van der Waals surface area contributed by atoms with Gasteiger partial charge in [0.15, 0.2) is 0 Å². The van der Waals surface area contributed by atoms with Crippen LogP contribution in [0.4, 0.5) is 0 Å². The molecule has 0 saturated carbocycles. The maximum absolute atomic E-state index is 8.52. The third kappa shape index (κ3) is 8.43. The Morgan fingerprint density at radius 2 is 1.64 bits per heavy atom. The van der Waals surface area contributed by atoms with Gasteiger partial charge in [0.05, 0.1) is 26.7 Å². The van der Waals surface area contributed by atoms with E-state index < -0.39 is 10.4 Å². The van der Waals surface area contributed by atoms with Gasteiger partial charge in [0.25, 0.3) is 0 Å². The van der Waals surface area contributed by atoms with E-state index in [1.54, 1.807) is 0 Å². The molecule has 1 fully saturated rings. The zero-order chi connectivity index (χ0) is 11.2. The van der Waals surface area contributed by atoms with Gasteiger partial charge in [-0.25, -0.2) is 0 Å². The summed E-state index contributed by atoms with van der Waals surface area (Å²) < 4.78 is 35.4. The molecule has 0 radical (unpaired) electrons. The Bertz CT molecular complexity index is 241. The fraction of sp³-hybridized carbons (Fsp3) is 1.00. The highest BCUT2D eigenvalue weighted by Crippen LogP contribution is 2.15. The van der Waals surface area contributed by atoms with Gasteiger partial charge in [0, 0.05) is 23.2 Å². The van der Waals surface area contributed by atoms with Crippen molar-refractivity contribution >= 4 is 10.4 Å². The van der Waals surface area contributed by atoms with E-state index >= 15 is 0 Å². The number of hydrogen-bond donors (Lipinski definition) is 0. The molecular formula is C8H19NO4S. The molecular weight excluding hydrogens is 206 g/mol. The van der Waals surface area contributed by atoms with Crippen LogP contribution in [0.1, 0.15) is 27.6 Å². The minimum absolute atomic E-state index is 0. The number of likely N-dealkylation sites (tertiary alicyclic amines) is 1. The van der Waals surface area contributed by atoms with Crippen molar-refractivity contribution in [1.29, 1.82) is 0 Å². The van der Waals surface area contributed by atoms with Crippen LogP contribution in [-0.4, -0.2) is 48.7 Å². The van der Waals surface area contributed by atoms with Crippen LogP contribution in [0.3, 0.4) is 0 Å². The summed E-state index contributed by atoms with van der Waals surface area (Å²) in [5, 5.41) is 0. The molecule has 0 aromatic carbocycles. The summed E-state index contributed by atoms with van der Waals surface area (Å²) in [5.74, 6) is 0. The molecule has 0 aromatic rings. The Hall–Kier alpha value is -0.170. The van der Waals surface area contributed by atoms with Crippen molar-refractivity contribution in [2.24, 2.45) is 0 Å². The van der Waals surface area contributed by atoms with Gasteiger partial charge in [-0.15, -0.1) is 0 Å². The molecule has 1 heterocycles. The van der Waals surface area contributed by atoms with Crippen LogP contribution in [0.5, 0.6) is 0 Å². The second-order valence-electron chi connectivity index (χ2n) is 3.91. The smallest absolute Gasteiger partial charge is 0.759 e. The van der Waals surface area contributed by atoms with Crippen LogP contribution in [-0.2, 0) is 10.4 Å². The van der Waals surface area contributed by atoms with Gasteiger partial charge in [-0.1, -0.05) is 6.92 Å². The first-order valence-electron chi connectivity index (χ1n) is 4.77. The van der Waals surface area contributed by atoms with Crippen LogP contribution in [0, 0.1) is 0 Å². The summed E-state index contributed by atoms with van der Waals surface area (Å²) in [4.78, 5) is 0. The summed E-state index contributed by atoms with van der Waals surface area (Å²) in [5.41, 5.74) is 0. The normalized spacial score (nSPS) is 20.0. The lowest BCUT2D eigenvalue weighted by Crippen LogP contribution is -2.41. The molecule has 0 aromatic heterocycles. The van der Waals surface area contributed by atoms with Crippen LogP contribution in [0.15, 0.2) is 0 Å². The molecule has 0 amide bonds. The van der Waals surface area contributed by atoms with Gasteiger partial charge in [0.2, 0.25) is 0 Å². The van der Waals surface area contributed by atoms with Gasteiger partial charge in [-0.3, -0.25) is 8.42 Å². The van der Waals surface area contributed by atoms with Crippen molar-refractivity contribution in [1.82, 2.24) is 0 Å². The summed E-state index contributed by atoms with van der Waals surface area (Å²) >= 11 is 0. The van der Waals surface area contributed by atoms with Crippen LogP contribution in [0.25, 0.3) is 0 Å². The highest BCUT2D eigenvalue weighted by Gasteiger charge is 2.24. The standard InChI is InChI=1S/C8H18N.H2O4S/c1-3-6-9(2)7-4-5-8-9;1-5(2,3)4/h3-8H2,1-2H3;(H2,1,2,3,4)/q+1;/p-1. The van der Waals surface area contributed by atoms with Crippen LogP contribution >= 0.6 is 0 Å². The fourth-order valence-corrected chi connectivity index (χ4v) is 1.86. The van der Waals surface area contributed by atoms with E-state index in [2.05, 4.69) is 14.0 Å². The molecule has 0 bridgehead atoms. The molecule has 1 aliphatic heterocycles. The van der Waals surface area contributed by atoms with E-state index in [0.29, 0.717) is 0 Å². The zero-order valence-corrected chi connectivity index (χ0v) is 9.55. The fourth-order valence-electron chi connectivity index (χ4n) is 1.86. The maximum atomic E-state index is 8.52. The highest BCUT2D eigenvalue weighted by atomic mass is 32.3. The van der Waals surface area contributed by atoms with Gasteiger partial charge in [-0.05, 0) is 6.42 Å². The zero-order valence-electron chi connectivity index (χ0n) is 9.73. The first-order chi connectivity index (χ1) is 6.27. The van der Waals surface area contributed by atoms with E-state index in [9.17, 15) is 0 Å². The Morgan fingerprint density at radius 3 is 1.93 bits per heavy atom. The van der Waals surface area contributed by atoms with E-state index in [1.807, 2.05) is 0 Å². The SMILES string of the molecule is CCC[N+]1(C)CCCC1.O=S(=O)([O-])[O-].[H+]. The second kappa shape index (κ2) is 5.65. The van der Waals surface area contributed by atoms with E-state index in [1.165, 1.54) is 43.4 Å². The van der Waals surface area contributed by atoms with Crippen molar-refractivity contribution in [3.05, 3.63) is 0 Å². The number of rotatable bonds is 2. The van der Waals surface area contributed by atoms with E-state index in [4.69, 9.17) is 17.5 Å². The second-order valence-corrected chi connectivity index (χ2v) is 4.72. The van der Waals surface area contributed by atoms with Crippen molar-refractivity contribution in [2.75, 3.05) is 26.7 Å². The Morgan fingerprint density at radius 1 is 1.29 bits per heavy atom. The van der Waals surface area contributed by atoms with Crippen molar-refractivity contribution in [3.63, 3.8) is 0 Å². The Kier molecular flexibility index (Phi) is 5.58. The van der Waals surface area contributed by atoms with Crippen molar-refractivity contribution < 1.29 is 23.4 Å². The minimum atomic E-state index is -5.17. The van der Waals surface area contributed by atoms with Crippen molar-refractivity contribution in [2.45, 2.75) is 26.2 Å². The monoisotopic (exact) mass is 225 g/mol. The predicted molar refractivity (Wildman–Crippen MR) is 51.9 cm³/mol. The quantitative estimate of drug-likeness (QED) is 0.387. The summed E-state index contributed by atoms with van der Waals surface area (Å²) in [6, 6.07) is 0. The van der Waals surface area contributed by atoms with Crippen LogP contribution in [0.2, 0.25) is 0 Å². The Labute approximate surface area is 87.4 Å². The number of nitrogens with zero attached hydrogens (tertiary/aromatic N) is 1. The summed E-state index contributed by atoms with van der Waals surface area (Å²) in [6.45, 7) is 6.52. The number of quaternary nitrogens is 1. The first-order valence-corrected chi connectivity index (χ1v) is 6.10. The molecule has 0 spiro atoms. The maximum Gasteiger partial charge on any atom is 1.00 e. The third-order valence-electron chi connectivity index (χ3n) is 2.41. The molecule has 0 atom stereocenters. The summed E-state index contributed by atoms with van der Waals surface area (Å²) in [6.07, 6.45) is 4.25. The lowest BCUT2D eigenvalue weighted by Gasteiger charge is -2.28. The Balaban J connectivity index is 0. The number of hydrogen-bond acceptors (Lipinski definition) is 4. The molecule has 1 saturated heterocycles. The highest BCUT2D eigenvalue weighted by molar-refractivity contribution is 7.79. The van der Waals surface area contributed by atoms with Gasteiger partial charge in [0.1, 0.15) is 0 Å². The topological polar surface area (TPSA) is 80.3 Å². The molecule has 5 nitrogen and oxygen atoms in total. The average Bonchev–Trinajstić information content (AvgIpc) is 2.33. The average molecular weight is 225 g/mol. The first kappa shape index (κ1) is 13.8. The lowest BCUT2D eigenvalue weighted by molar-refractivity contribution is -0.897. The third-order valence-corrected chi connectivity index (χ3v) is 2.41. The molecule has 1 rings (SSSR count). The summed E-state index contributed by atoms with van der Waals surface area (Å²) in [7, 11) is -2.78. The lowest BCUT2D eigenvalue weighted by atomic mass is 10.4. The van der Waals surface area contributed by atoms with Gasteiger partial charge in [-0.2, -0.15) is 0 Å². The van der Waals surface area contributed by atoms with Crippen molar-refractivity contribution in [3.8, 4) is 0 Å². The van der Waals surface area contributed by atoms with Crippen LogP contribution < -0.4 is 0 Å². The molecule has 1 aliphatic rings. The molecule has 86 valence electrons. The van der Waals surface area contributed by atoms with Gasteiger partial charge < -0.3 is 13.6 Å². The molecule has 0 unspecified atom stereocenters. The molecule has 14 heavy (non-hydrogen) atoms. The largest absolute Gasteiger partial charge is 1.00 e. The molecule has 6 heteroatoms. The van der Waals surface area contributed by atoms with E-state index in [0.717, 1.165) is 0 Å². The minimum Gasteiger partial charge on any atom is -0.759 e. The van der Waals surface area contributed by atoms with Gasteiger partial charge >= 0.3 is 1.43 Å². The van der Waals surface area contributed by atoms with E-state index in [-0.39, 0.29) is 1.43 Å². The molecule has 0 aliphatic carbocycles. The predicted octanol–water partition coefficient (Wildman–Crippen LogP) is 0.411.